The van der Waals surface area contributed by atoms with E-state index in [2.05, 4.69) is 141 Å². The van der Waals surface area contributed by atoms with Crippen molar-refractivity contribution in [3.63, 3.8) is 0 Å². The molecule has 8 aliphatic carbocycles. The number of esters is 1. The van der Waals surface area contributed by atoms with Gasteiger partial charge in [-0.05, 0) is 243 Å². The summed E-state index contributed by atoms with van der Waals surface area (Å²) < 4.78 is 29.1. The van der Waals surface area contributed by atoms with Crippen molar-refractivity contribution in [3.05, 3.63) is 113 Å². The van der Waals surface area contributed by atoms with Crippen LogP contribution in [-0.2, 0) is 24.9 Å². The Morgan fingerprint density at radius 2 is 0.947 bits per heavy atom. The first-order chi connectivity index (χ1) is 35.1. The molecular weight excluding hydrogens is 999 g/mol. The summed E-state index contributed by atoms with van der Waals surface area (Å²) in [5.41, 5.74) is 10.1. The minimum Gasteiger partial charge on any atom is -0.543 e. The second-order valence-electron chi connectivity index (χ2n) is 27.2. The maximum atomic E-state index is 11.4. The van der Waals surface area contributed by atoms with E-state index in [4.69, 9.17) is 18.5 Å². The lowest BCUT2D eigenvalue weighted by atomic mass is 9.48. The van der Waals surface area contributed by atoms with E-state index in [-0.39, 0.29) is 35.1 Å². The molecule has 0 spiro atoms. The highest BCUT2D eigenvalue weighted by Crippen LogP contribution is 2.64. The average Bonchev–Trinajstić information content (AvgIpc) is 3.32. The Balaban J connectivity index is 0.000000178. The number of ether oxygens (including phenoxy) is 1. The van der Waals surface area contributed by atoms with Crippen LogP contribution in [0.15, 0.2) is 91.0 Å². The summed E-state index contributed by atoms with van der Waals surface area (Å²) in [4.78, 5) is 31.1. The summed E-state index contributed by atoms with van der Waals surface area (Å²) in [5.74, 6) is 7.32. The second-order valence-corrected chi connectivity index (χ2v) is 42.8. The molecule has 7 nitrogen and oxygen atoms in total. The molecule has 75 heavy (non-hydrogen) atoms. The van der Waals surface area contributed by atoms with Crippen LogP contribution in [0.4, 0.5) is 0 Å². The number of rotatable bonds is 13. The molecule has 4 aromatic carbocycles. The molecule has 406 valence electrons. The van der Waals surface area contributed by atoms with Crippen LogP contribution in [0.3, 0.4) is 0 Å². The van der Waals surface area contributed by atoms with Crippen molar-refractivity contribution in [2.75, 3.05) is 19.9 Å². The van der Waals surface area contributed by atoms with Crippen molar-refractivity contribution < 1.29 is 32.6 Å². The van der Waals surface area contributed by atoms with Crippen LogP contribution in [0.1, 0.15) is 153 Å². The summed E-state index contributed by atoms with van der Waals surface area (Å²) >= 11 is 0. The van der Waals surface area contributed by atoms with Crippen molar-refractivity contribution in [2.24, 2.45) is 35.5 Å². The fourth-order valence-electron chi connectivity index (χ4n) is 14.2. The highest BCUT2D eigenvalue weighted by molar-refractivity contribution is 8.21. The quantitative estimate of drug-likeness (QED) is 0.0468. The van der Waals surface area contributed by atoms with E-state index in [0.717, 1.165) is 70.6 Å². The molecule has 8 aliphatic rings. The van der Waals surface area contributed by atoms with E-state index in [1.165, 1.54) is 130 Å². The standard InChI is InChI=1S/C32H42O3Si.C29H38O2Si.C3H10O2P2/c1-31(2,3)36(5,6)35-29-13-12-27(26-10-7-22(8-11-26)9-14-30(33)34-4)18-28(29)32-19-23-15-24(20-32)17-25(16-23)21-32;1-28(2,3)32(4,5)31-27-11-10-25(24-8-6-20(19-30)7-9-24)15-26(27)29-16-21-12-22(17-29)14-23(13-21)18-29;1-3-6-7(2,4)5/h7-14,18,23-25H,15-17,19-21H2,1-6H3;6-11,15,19,21-23H,12-14,16-18H2,1-5H3;6H,3H2,1-2H3,(H,4,5)/b14-9+;;. The van der Waals surface area contributed by atoms with Gasteiger partial charge in [0, 0.05) is 18.3 Å². The molecular formula is C64H90O7P2Si2. The van der Waals surface area contributed by atoms with Gasteiger partial charge in [-0.2, -0.15) is 0 Å². The van der Waals surface area contributed by atoms with E-state index in [9.17, 15) is 14.2 Å². The van der Waals surface area contributed by atoms with Crippen LogP contribution in [0.2, 0.25) is 36.3 Å². The Hall–Kier alpha value is -3.59. The van der Waals surface area contributed by atoms with Crippen LogP contribution in [0.5, 0.6) is 11.5 Å². The topological polar surface area (TPSA) is 99.1 Å². The molecule has 2 atom stereocenters. The largest absolute Gasteiger partial charge is 0.543 e. The zero-order valence-corrected chi connectivity index (χ0v) is 51.7. The van der Waals surface area contributed by atoms with Gasteiger partial charge in [0.05, 0.1) is 7.11 Å². The summed E-state index contributed by atoms with van der Waals surface area (Å²) in [5, 5.41) is 0.340. The predicted octanol–water partition coefficient (Wildman–Crippen LogP) is 17.9. The molecule has 8 fully saturated rings. The smallest absolute Gasteiger partial charge is 0.330 e. The summed E-state index contributed by atoms with van der Waals surface area (Å²) in [6.07, 6.45) is 21.7. The first kappa shape index (κ1) is 57.6. The zero-order chi connectivity index (χ0) is 54.4. The molecule has 0 aliphatic heterocycles. The van der Waals surface area contributed by atoms with Gasteiger partial charge in [-0.25, -0.2) is 4.79 Å². The van der Waals surface area contributed by atoms with Gasteiger partial charge in [0.25, 0.3) is 0 Å². The van der Waals surface area contributed by atoms with E-state index < -0.39 is 23.7 Å². The van der Waals surface area contributed by atoms with Gasteiger partial charge in [0.1, 0.15) is 17.8 Å². The fraction of sp³-hybridized carbons (Fsp3) is 0.562. The van der Waals surface area contributed by atoms with Crippen molar-refractivity contribution >= 4 is 50.3 Å². The van der Waals surface area contributed by atoms with Gasteiger partial charge in [0.15, 0.2) is 0 Å². The Bertz CT molecular complexity index is 2670. The minimum atomic E-state index is -2.64. The van der Waals surface area contributed by atoms with Crippen LogP contribution in [0, 0.1) is 35.5 Å². The van der Waals surface area contributed by atoms with Crippen LogP contribution in [0.25, 0.3) is 28.3 Å². The third-order valence-electron chi connectivity index (χ3n) is 19.2. The maximum absolute atomic E-state index is 11.4. The molecule has 11 heteroatoms. The number of benzene rings is 4. The van der Waals surface area contributed by atoms with Gasteiger partial charge in [-0.1, -0.05) is 109 Å². The number of hydrogen-bond acceptors (Lipinski definition) is 6. The molecule has 0 saturated heterocycles. The molecule has 1 N–H and O–H groups in total. The average molecular weight is 1090 g/mol. The molecule has 2 unspecified atom stereocenters. The molecule has 8 saturated carbocycles. The Morgan fingerprint density at radius 1 is 0.613 bits per heavy atom. The van der Waals surface area contributed by atoms with Crippen molar-refractivity contribution in [1.29, 1.82) is 0 Å². The minimum absolute atomic E-state index is 0.165. The lowest BCUT2D eigenvalue weighted by molar-refractivity contribution is -0.134. The van der Waals surface area contributed by atoms with Gasteiger partial charge < -0.3 is 18.5 Å². The highest BCUT2D eigenvalue weighted by atomic mass is 32.1. The van der Waals surface area contributed by atoms with Crippen LogP contribution >= 0.6 is 15.3 Å². The molecule has 0 heterocycles. The lowest BCUT2D eigenvalue weighted by Crippen LogP contribution is -2.49. The van der Waals surface area contributed by atoms with Crippen molar-refractivity contribution in [1.82, 2.24) is 0 Å². The van der Waals surface area contributed by atoms with Crippen molar-refractivity contribution in [2.45, 2.75) is 173 Å². The molecule has 12 rings (SSSR count). The SMILES string of the molecule is CC(C)(C)[Si](C)(C)Oc1ccc(-c2ccc(C=O)cc2)cc1C12CC3CC(CC(C3)C1)C2.CCPP(C)(=O)O.COC(=O)/C=C/c1ccc(-c2ccc(O[Si](C)(C)C(C)(C)C)c(C34CC5CC(CC(C5)C3)C4)c2)cc1. The number of methoxy groups -OCH3 is 1. The van der Waals surface area contributed by atoms with Gasteiger partial charge >= 0.3 is 5.97 Å². The number of carbonyl (C=O) groups is 2. The first-order valence-electron chi connectivity index (χ1n) is 28.3. The third kappa shape index (κ3) is 13.3. The summed E-state index contributed by atoms with van der Waals surface area (Å²) in [7, 11) is -4.91. The van der Waals surface area contributed by atoms with Crippen molar-refractivity contribution in [3.8, 4) is 33.8 Å². The van der Waals surface area contributed by atoms with E-state index in [0.29, 0.717) is 0 Å². The number of aldehydes is 1. The number of carbonyl (C=O) groups excluding carboxylic acids is 2. The van der Waals surface area contributed by atoms with E-state index >= 15 is 0 Å². The second kappa shape index (κ2) is 22.3. The first-order valence-corrected chi connectivity index (χ1v) is 38.2. The molecule has 4 aromatic rings. The third-order valence-corrected chi connectivity index (χ3v) is 31.5. The highest BCUT2D eigenvalue weighted by Gasteiger charge is 2.55. The molecule has 0 radical (unpaired) electrons. The maximum Gasteiger partial charge on any atom is 0.330 e. The Labute approximate surface area is 455 Å². The summed E-state index contributed by atoms with van der Waals surface area (Å²) in [6.45, 7) is 26.7. The summed E-state index contributed by atoms with van der Waals surface area (Å²) in [6, 6.07) is 30.4. The normalized spacial score (nSPS) is 27.5. The lowest BCUT2D eigenvalue weighted by Gasteiger charge is -2.57. The van der Waals surface area contributed by atoms with Gasteiger partial charge in [-0.3, -0.25) is 9.36 Å². The van der Waals surface area contributed by atoms with E-state index in [1.54, 1.807) is 6.08 Å². The monoisotopic (exact) mass is 1090 g/mol. The number of hydrogen-bond donors (Lipinski definition) is 1. The van der Waals surface area contributed by atoms with Gasteiger partial charge in [0.2, 0.25) is 23.7 Å². The molecule has 0 amide bonds. The fourth-order valence-corrected chi connectivity index (χ4v) is 18.6. The Morgan fingerprint density at radius 3 is 1.23 bits per heavy atom. The molecule has 8 bridgehead atoms. The Kier molecular flexibility index (Phi) is 17.1. The zero-order valence-electron chi connectivity index (χ0n) is 47.8. The van der Waals surface area contributed by atoms with Crippen LogP contribution < -0.4 is 8.85 Å². The predicted molar refractivity (Wildman–Crippen MR) is 320 cm³/mol. The molecule has 0 aromatic heterocycles. The van der Waals surface area contributed by atoms with Gasteiger partial charge in [-0.15, -0.1) is 0 Å². The van der Waals surface area contributed by atoms with E-state index in [1.807, 2.05) is 19.1 Å². The van der Waals surface area contributed by atoms with Crippen LogP contribution in [-0.4, -0.2) is 53.7 Å².